The van der Waals surface area contributed by atoms with E-state index in [4.69, 9.17) is 13.7 Å². The molecule has 2 bridgehead atoms. The molecule has 0 saturated carbocycles. The number of nitrogens with one attached hydrogen (secondary N) is 1. The average Bonchev–Trinajstić information content (AvgIpc) is 2.92. The predicted molar refractivity (Wildman–Crippen MR) is 84.6 cm³/mol. The van der Waals surface area contributed by atoms with E-state index in [9.17, 15) is 18.0 Å². The fourth-order valence-electron chi connectivity index (χ4n) is 3.49. The van der Waals surface area contributed by atoms with E-state index in [1.54, 1.807) is 20.8 Å². The normalized spacial score (nSPS) is 37.5. The molecule has 2 saturated heterocycles. The summed E-state index contributed by atoms with van der Waals surface area (Å²) in [6, 6.07) is 0. The van der Waals surface area contributed by atoms with Gasteiger partial charge in [-0.15, -0.1) is 0 Å². The smallest absolute Gasteiger partial charge is 0.326 e. The first-order valence-corrected chi connectivity index (χ1v) is 8.71. The quantitative estimate of drug-likeness (QED) is 0.396. The van der Waals surface area contributed by atoms with E-state index < -0.39 is 45.8 Å². The highest BCUT2D eigenvalue weighted by Gasteiger charge is 2.74. The lowest BCUT2D eigenvalue weighted by atomic mass is 9.67. The molecule has 8 nitrogen and oxygen atoms in total. The highest BCUT2D eigenvalue weighted by Crippen LogP contribution is 2.58. The molecule has 1 amide bonds. The van der Waals surface area contributed by atoms with E-state index in [0.29, 0.717) is 12.8 Å². The van der Waals surface area contributed by atoms with Crippen molar-refractivity contribution >= 4 is 22.9 Å². The van der Waals surface area contributed by atoms with E-state index in [2.05, 4.69) is 11.9 Å². The molecule has 2 fully saturated rings. The number of carbonyl (C=O) groups excluding carboxylic acids is 2. The van der Waals surface area contributed by atoms with Crippen molar-refractivity contribution in [3.63, 3.8) is 0 Å². The molecule has 4 atom stereocenters. The molecule has 2 heterocycles. The number of rotatable bonds is 6. The Kier molecular flexibility index (Phi) is 4.82. The lowest BCUT2D eigenvalue weighted by Gasteiger charge is -2.47. The van der Waals surface area contributed by atoms with Crippen LogP contribution in [0.15, 0.2) is 12.2 Å². The topological polar surface area (TPSA) is 108 Å². The van der Waals surface area contributed by atoms with Crippen molar-refractivity contribution in [1.29, 1.82) is 0 Å². The first-order valence-electron chi connectivity index (χ1n) is 7.62. The molecule has 0 aromatic rings. The van der Waals surface area contributed by atoms with Crippen LogP contribution < -0.4 is 5.32 Å². The lowest BCUT2D eigenvalue weighted by Crippen LogP contribution is -2.65. The Labute approximate surface area is 142 Å². The van der Waals surface area contributed by atoms with Gasteiger partial charge < -0.3 is 14.8 Å². The second kappa shape index (κ2) is 6.12. The Morgan fingerprint density at radius 3 is 2.50 bits per heavy atom. The van der Waals surface area contributed by atoms with E-state index >= 15 is 0 Å². The molecule has 24 heavy (non-hydrogen) atoms. The molecule has 0 spiro atoms. The first-order chi connectivity index (χ1) is 10.9. The van der Waals surface area contributed by atoms with Crippen molar-refractivity contribution in [1.82, 2.24) is 5.32 Å². The van der Waals surface area contributed by atoms with Crippen molar-refractivity contribution in [2.75, 3.05) is 6.54 Å². The zero-order valence-electron chi connectivity index (χ0n) is 14.2. The van der Waals surface area contributed by atoms with E-state index in [0.717, 1.165) is 0 Å². The van der Waals surface area contributed by atoms with Gasteiger partial charge in [0.05, 0.1) is 6.10 Å². The average molecular weight is 361 g/mol. The van der Waals surface area contributed by atoms with Crippen molar-refractivity contribution in [2.24, 2.45) is 0 Å². The van der Waals surface area contributed by atoms with Crippen LogP contribution >= 0.6 is 0 Å². The van der Waals surface area contributed by atoms with Gasteiger partial charge in [0.1, 0.15) is 12.1 Å². The summed E-state index contributed by atoms with van der Waals surface area (Å²) in [6.07, 6.45) is 0.711. The predicted octanol–water partition coefficient (Wildman–Crippen LogP) is 0.234. The summed E-state index contributed by atoms with van der Waals surface area (Å²) in [7, 11) is -3.16. The summed E-state index contributed by atoms with van der Waals surface area (Å²) in [5, 5.41) is 2.38. The van der Waals surface area contributed by atoms with Crippen LogP contribution in [0.3, 0.4) is 0 Å². The highest BCUT2D eigenvalue weighted by molar-refractivity contribution is 7.67. The van der Waals surface area contributed by atoms with Crippen molar-refractivity contribution in [3.05, 3.63) is 12.2 Å². The summed E-state index contributed by atoms with van der Waals surface area (Å²) >= 11 is 0. The van der Waals surface area contributed by atoms with Gasteiger partial charge in [-0.2, -0.15) is 0 Å². The molecule has 0 aliphatic carbocycles. The highest BCUT2D eigenvalue weighted by atomic mass is 32.2. The van der Waals surface area contributed by atoms with Crippen LogP contribution in [0.2, 0.25) is 0 Å². The Morgan fingerprint density at radius 2 is 1.96 bits per heavy atom. The van der Waals surface area contributed by atoms with Crippen LogP contribution in [-0.2, 0) is 34.2 Å². The van der Waals surface area contributed by atoms with Gasteiger partial charge in [0.15, 0.2) is 11.2 Å². The molecular formula is C15H23NO7S. The minimum Gasteiger partial charge on any atom is -0.452 e. The van der Waals surface area contributed by atoms with Crippen molar-refractivity contribution in [2.45, 2.75) is 63.4 Å². The van der Waals surface area contributed by atoms with Gasteiger partial charge in [0, 0.05) is 5.57 Å². The molecule has 4 unspecified atom stereocenters. The van der Waals surface area contributed by atoms with Gasteiger partial charge in [-0.05, 0) is 40.5 Å². The molecule has 2 rings (SSSR count). The van der Waals surface area contributed by atoms with Crippen LogP contribution in [0, 0.1) is 0 Å². The molecule has 9 heteroatoms. The molecular weight excluding hydrogens is 338 g/mol. The molecule has 0 radical (unpaired) electrons. The molecule has 136 valence electrons. The zero-order chi connectivity index (χ0) is 18.3. The standard InChI is InChI=1S/C15H23NO7S/c1-9(2)12(18)16-8-11(17)22-15(5)13(3)7-6-10(21-13)14(15,4)23-24(19)20/h10,24H,1,6-8H2,2-5H3,(H,16,18). The summed E-state index contributed by atoms with van der Waals surface area (Å²) in [4.78, 5) is 23.7. The number of hydrogen-bond donors (Lipinski definition) is 2. The summed E-state index contributed by atoms with van der Waals surface area (Å²) in [5.74, 6) is -1.17. The van der Waals surface area contributed by atoms with Gasteiger partial charge in [-0.3, -0.25) is 13.8 Å². The minimum absolute atomic E-state index is 0.265. The SMILES string of the molecule is C=C(C)C(=O)NCC(=O)OC1(C)C2(C)CCC(O2)C1(C)O[SH](=O)=O. The lowest BCUT2D eigenvalue weighted by molar-refractivity contribution is -0.196. The van der Waals surface area contributed by atoms with Gasteiger partial charge in [0.2, 0.25) is 5.91 Å². The van der Waals surface area contributed by atoms with Crippen LogP contribution in [0.5, 0.6) is 0 Å². The Morgan fingerprint density at radius 1 is 1.33 bits per heavy atom. The van der Waals surface area contributed by atoms with E-state index in [1.165, 1.54) is 6.92 Å². The molecule has 2 aliphatic heterocycles. The Balaban J connectivity index is 2.19. The second-order valence-corrected chi connectivity index (χ2v) is 7.40. The van der Waals surface area contributed by atoms with Crippen molar-refractivity contribution < 1.29 is 31.7 Å². The van der Waals surface area contributed by atoms with E-state index in [-0.39, 0.29) is 12.1 Å². The largest absolute Gasteiger partial charge is 0.452 e. The molecule has 0 aromatic carbocycles. The van der Waals surface area contributed by atoms with Crippen LogP contribution in [0.25, 0.3) is 0 Å². The number of carbonyl (C=O) groups is 2. The molecule has 1 N–H and O–H groups in total. The third kappa shape index (κ3) is 2.84. The second-order valence-electron chi connectivity index (χ2n) is 6.77. The maximum Gasteiger partial charge on any atom is 0.326 e. The van der Waals surface area contributed by atoms with Crippen LogP contribution in [0.4, 0.5) is 0 Å². The number of ether oxygens (including phenoxy) is 2. The summed E-state index contributed by atoms with van der Waals surface area (Å²) < 4.78 is 38.9. The number of amides is 1. The summed E-state index contributed by atoms with van der Waals surface area (Å²) in [6.45, 7) is 9.56. The third-order valence-corrected chi connectivity index (χ3v) is 5.75. The fourth-order valence-corrected chi connectivity index (χ4v) is 4.09. The monoisotopic (exact) mass is 361 g/mol. The van der Waals surface area contributed by atoms with Gasteiger partial charge in [-0.1, -0.05) is 6.58 Å². The molecule has 0 aromatic heterocycles. The van der Waals surface area contributed by atoms with Crippen LogP contribution in [-0.4, -0.2) is 49.7 Å². The maximum absolute atomic E-state index is 12.2. The third-order valence-electron chi connectivity index (χ3n) is 5.22. The Bertz CT molecular complexity index is 652. The van der Waals surface area contributed by atoms with Gasteiger partial charge >= 0.3 is 5.97 Å². The number of fused-ring (bicyclic) bond motifs is 2. The summed E-state index contributed by atoms with van der Waals surface area (Å²) in [5.41, 5.74) is -3.25. The fraction of sp³-hybridized carbons (Fsp3) is 0.733. The van der Waals surface area contributed by atoms with Gasteiger partial charge in [0.25, 0.3) is 11.0 Å². The minimum atomic E-state index is -3.16. The molecule has 2 aliphatic rings. The number of thiol groups is 1. The Hall–Kier alpha value is -1.45. The van der Waals surface area contributed by atoms with E-state index in [1.807, 2.05) is 0 Å². The van der Waals surface area contributed by atoms with Crippen molar-refractivity contribution in [3.8, 4) is 0 Å². The zero-order valence-corrected chi connectivity index (χ0v) is 15.1. The van der Waals surface area contributed by atoms with Crippen LogP contribution in [0.1, 0.15) is 40.5 Å². The first kappa shape index (κ1) is 18.9. The maximum atomic E-state index is 12.2. The van der Waals surface area contributed by atoms with Gasteiger partial charge in [-0.25, -0.2) is 8.42 Å². The number of esters is 1. The number of hydrogen-bond acceptors (Lipinski definition) is 7.